The molecule has 0 unspecified atom stereocenters. The fourth-order valence-corrected chi connectivity index (χ4v) is 4.31. The average Bonchev–Trinajstić information content (AvgIpc) is 2.97. The van der Waals surface area contributed by atoms with Gasteiger partial charge in [-0.2, -0.15) is 0 Å². The van der Waals surface area contributed by atoms with E-state index in [-0.39, 0.29) is 5.92 Å². The van der Waals surface area contributed by atoms with Gasteiger partial charge in [0.05, 0.1) is 11.4 Å². The highest BCUT2D eigenvalue weighted by Crippen LogP contribution is 2.24. The van der Waals surface area contributed by atoms with Crippen LogP contribution < -0.4 is 0 Å². The average molecular weight is 370 g/mol. The lowest BCUT2D eigenvalue weighted by molar-refractivity contribution is -0.142. The SMILES string of the molecule is CN1CC(C(=O)N2CCN(Cc3cccc4cc(C(=O)O)n(C)c34)CC2)C1. The van der Waals surface area contributed by atoms with E-state index in [1.165, 1.54) is 0 Å². The number of likely N-dealkylation sites (tertiary alicyclic amines) is 1. The molecule has 1 aromatic heterocycles. The number of carbonyl (C=O) groups is 2. The number of benzene rings is 1. The van der Waals surface area contributed by atoms with Gasteiger partial charge in [-0.15, -0.1) is 0 Å². The number of amides is 1. The first-order valence-corrected chi connectivity index (χ1v) is 9.44. The fraction of sp³-hybridized carbons (Fsp3) is 0.500. The Hall–Kier alpha value is -2.38. The summed E-state index contributed by atoms with van der Waals surface area (Å²) in [6.07, 6.45) is 0. The predicted octanol–water partition coefficient (Wildman–Crippen LogP) is 1.08. The molecule has 0 saturated carbocycles. The topological polar surface area (TPSA) is 69.0 Å². The van der Waals surface area contributed by atoms with Gasteiger partial charge in [-0.25, -0.2) is 4.79 Å². The Bertz CT molecular complexity index is 877. The third kappa shape index (κ3) is 3.33. The number of hydrogen-bond donors (Lipinski definition) is 1. The van der Waals surface area contributed by atoms with Gasteiger partial charge >= 0.3 is 5.97 Å². The van der Waals surface area contributed by atoms with Gasteiger partial charge in [0.1, 0.15) is 5.69 Å². The van der Waals surface area contributed by atoms with E-state index in [1.54, 1.807) is 10.6 Å². The summed E-state index contributed by atoms with van der Waals surface area (Å²) in [6.45, 7) is 5.75. The van der Waals surface area contributed by atoms with Crippen LogP contribution >= 0.6 is 0 Å². The van der Waals surface area contributed by atoms with E-state index >= 15 is 0 Å². The number of para-hydroxylation sites is 1. The Morgan fingerprint density at radius 2 is 1.81 bits per heavy atom. The van der Waals surface area contributed by atoms with Gasteiger partial charge < -0.3 is 19.5 Å². The molecule has 3 heterocycles. The Morgan fingerprint density at radius 3 is 2.44 bits per heavy atom. The van der Waals surface area contributed by atoms with E-state index in [0.29, 0.717) is 11.6 Å². The Balaban J connectivity index is 1.43. The molecule has 7 nitrogen and oxygen atoms in total. The van der Waals surface area contributed by atoms with Gasteiger partial charge in [0.15, 0.2) is 0 Å². The highest BCUT2D eigenvalue weighted by Gasteiger charge is 2.34. The van der Waals surface area contributed by atoms with Crippen molar-refractivity contribution in [2.75, 3.05) is 46.3 Å². The minimum atomic E-state index is -0.909. The van der Waals surface area contributed by atoms with Crippen molar-refractivity contribution in [2.24, 2.45) is 13.0 Å². The van der Waals surface area contributed by atoms with Crippen molar-refractivity contribution in [3.63, 3.8) is 0 Å². The number of aromatic carboxylic acids is 1. The van der Waals surface area contributed by atoms with Crippen LogP contribution in [0.1, 0.15) is 16.1 Å². The summed E-state index contributed by atoms with van der Waals surface area (Å²) < 4.78 is 1.76. The van der Waals surface area contributed by atoms with Crippen molar-refractivity contribution >= 4 is 22.8 Å². The largest absolute Gasteiger partial charge is 0.477 e. The summed E-state index contributed by atoms with van der Waals surface area (Å²) in [5, 5.41) is 10.3. The fourth-order valence-electron chi connectivity index (χ4n) is 4.31. The molecule has 1 aromatic carbocycles. The van der Waals surface area contributed by atoms with Gasteiger partial charge in [-0.3, -0.25) is 9.69 Å². The molecular weight excluding hydrogens is 344 g/mol. The maximum atomic E-state index is 12.5. The molecule has 0 atom stereocenters. The molecule has 1 N–H and O–H groups in total. The molecule has 0 bridgehead atoms. The third-order valence-electron chi connectivity index (χ3n) is 5.85. The molecule has 1 amide bonds. The molecule has 27 heavy (non-hydrogen) atoms. The van der Waals surface area contributed by atoms with Crippen molar-refractivity contribution < 1.29 is 14.7 Å². The van der Waals surface area contributed by atoms with Gasteiger partial charge in [0, 0.05) is 58.2 Å². The lowest BCUT2D eigenvalue weighted by Gasteiger charge is -2.41. The number of aromatic nitrogens is 1. The van der Waals surface area contributed by atoms with E-state index < -0.39 is 5.97 Å². The number of piperazine rings is 1. The zero-order valence-corrected chi connectivity index (χ0v) is 15.9. The number of fused-ring (bicyclic) bond motifs is 1. The number of carboxylic acid groups (broad SMARTS) is 1. The number of aryl methyl sites for hydroxylation is 1. The Kier molecular flexibility index (Phi) is 4.65. The number of rotatable bonds is 4. The van der Waals surface area contributed by atoms with Crippen molar-refractivity contribution in [1.29, 1.82) is 0 Å². The van der Waals surface area contributed by atoms with E-state index in [4.69, 9.17) is 0 Å². The van der Waals surface area contributed by atoms with Crippen molar-refractivity contribution in [3.05, 3.63) is 35.5 Å². The van der Waals surface area contributed by atoms with Crippen LogP contribution in [0.3, 0.4) is 0 Å². The van der Waals surface area contributed by atoms with Crippen LogP contribution in [-0.4, -0.2) is 82.6 Å². The minimum absolute atomic E-state index is 0.174. The zero-order valence-electron chi connectivity index (χ0n) is 15.9. The molecule has 0 aliphatic carbocycles. The molecule has 2 aliphatic heterocycles. The monoisotopic (exact) mass is 370 g/mol. The number of nitrogens with zero attached hydrogens (tertiary/aromatic N) is 4. The normalized spacial score (nSPS) is 19.4. The molecule has 7 heteroatoms. The summed E-state index contributed by atoms with van der Waals surface area (Å²) in [6, 6.07) is 7.73. The Labute approximate surface area is 158 Å². The van der Waals surface area contributed by atoms with Crippen molar-refractivity contribution in [3.8, 4) is 0 Å². The zero-order chi connectivity index (χ0) is 19.1. The van der Waals surface area contributed by atoms with Crippen LogP contribution in [0.2, 0.25) is 0 Å². The Morgan fingerprint density at radius 1 is 1.11 bits per heavy atom. The number of carboxylic acids is 1. The number of carbonyl (C=O) groups excluding carboxylic acids is 1. The predicted molar refractivity (Wildman–Crippen MR) is 103 cm³/mol. The van der Waals surface area contributed by atoms with E-state index in [0.717, 1.165) is 62.3 Å². The molecule has 2 aliphatic rings. The molecule has 0 spiro atoms. The quantitative estimate of drug-likeness (QED) is 0.872. The summed E-state index contributed by atoms with van der Waals surface area (Å²) in [5.74, 6) is -0.440. The number of hydrogen-bond acceptors (Lipinski definition) is 4. The smallest absolute Gasteiger partial charge is 0.352 e. The molecule has 144 valence electrons. The molecule has 0 radical (unpaired) electrons. The summed E-state index contributed by atoms with van der Waals surface area (Å²) in [5.41, 5.74) is 2.41. The van der Waals surface area contributed by atoms with Crippen LogP contribution in [0.5, 0.6) is 0 Å². The molecule has 4 rings (SSSR count). The van der Waals surface area contributed by atoms with E-state index in [1.807, 2.05) is 31.1 Å². The van der Waals surface area contributed by atoms with Crippen LogP contribution in [-0.2, 0) is 18.4 Å². The van der Waals surface area contributed by atoms with Crippen LogP contribution in [0.4, 0.5) is 0 Å². The van der Waals surface area contributed by atoms with Crippen molar-refractivity contribution in [1.82, 2.24) is 19.3 Å². The van der Waals surface area contributed by atoms with Gasteiger partial charge in [-0.05, 0) is 18.7 Å². The van der Waals surface area contributed by atoms with Gasteiger partial charge in [0.2, 0.25) is 5.91 Å². The molecule has 2 saturated heterocycles. The van der Waals surface area contributed by atoms with E-state index in [9.17, 15) is 14.7 Å². The second kappa shape index (κ2) is 6.98. The van der Waals surface area contributed by atoms with Crippen LogP contribution in [0.15, 0.2) is 24.3 Å². The summed E-state index contributed by atoms with van der Waals surface area (Å²) in [7, 11) is 3.85. The summed E-state index contributed by atoms with van der Waals surface area (Å²) in [4.78, 5) is 30.4. The van der Waals surface area contributed by atoms with Crippen LogP contribution in [0.25, 0.3) is 10.9 Å². The highest BCUT2D eigenvalue weighted by molar-refractivity contribution is 5.95. The van der Waals surface area contributed by atoms with Crippen LogP contribution in [0, 0.1) is 5.92 Å². The maximum absolute atomic E-state index is 12.5. The highest BCUT2D eigenvalue weighted by atomic mass is 16.4. The summed E-state index contributed by atoms with van der Waals surface area (Å²) >= 11 is 0. The lowest BCUT2D eigenvalue weighted by atomic mass is 9.99. The first-order valence-electron chi connectivity index (χ1n) is 9.44. The first-order chi connectivity index (χ1) is 12.9. The maximum Gasteiger partial charge on any atom is 0.352 e. The first kappa shape index (κ1) is 18.0. The van der Waals surface area contributed by atoms with Gasteiger partial charge in [0.25, 0.3) is 0 Å². The van der Waals surface area contributed by atoms with E-state index in [2.05, 4.69) is 15.9 Å². The molecule has 2 aromatic rings. The molecule has 2 fully saturated rings. The lowest BCUT2D eigenvalue weighted by Crippen LogP contribution is -2.56. The van der Waals surface area contributed by atoms with Gasteiger partial charge in [-0.1, -0.05) is 18.2 Å². The third-order valence-corrected chi connectivity index (χ3v) is 5.85. The minimum Gasteiger partial charge on any atom is -0.477 e. The second-order valence-electron chi connectivity index (χ2n) is 7.77. The molecular formula is C20H26N4O3. The standard InChI is InChI=1S/C20H26N4O3/c1-21-11-16(12-21)19(25)24-8-6-23(7-9-24)13-15-5-3-4-14-10-17(20(26)27)22(2)18(14)15/h3-5,10,16H,6-9,11-13H2,1-2H3,(H,26,27). The van der Waals surface area contributed by atoms with Crippen molar-refractivity contribution in [2.45, 2.75) is 6.54 Å². The second-order valence-corrected chi connectivity index (χ2v) is 7.77.